The normalized spacial score (nSPS) is 18.3. The second-order valence-corrected chi connectivity index (χ2v) is 7.65. The first-order valence-electron chi connectivity index (χ1n) is 10.3. The molecule has 2 N–H and O–H groups in total. The van der Waals surface area contributed by atoms with Crippen molar-refractivity contribution in [2.24, 2.45) is 5.10 Å². The van der Waals surface area contributed by atoms with E-state index in [1.54, 1.807) is 0 Å². The van der Waals surface area contributed by atoms with Crippen molar-refractivity contribution in [1.29, 1.82) is 0 Å². The number of benzene rings is 2. The molecule has 2 aliphatic rings. The molecule has 0 spiro atoms. The first-order valence-corrected chi connectivity index (χ1v) is 10.7. The molecule has 4 rings (SSSR count). The summed E-state index contributed by atoms with van der Waals surface area (Å²) >= 11 is 5.35. The minimum Gasteiger partial charge on any atom is -0.378 e. The van der Waals surface area contributed by atoms with E-state index in [1.165, 1.54) is 22.4 Å². The molecule has 1 saturated heterocycles. The Morgan fingerprint density at radius 1 is 0.967 bits per heavy atom. The third-order valence-corrected chi connectivity index (χ3v) is 5.35. The summed E-state index contributed by atoms with van der Waals surface area (Å²) < 4.78 is 5.56. The number of allylic oxidation sites excluding steroid dienone is 2. The summed E-state index contributed by atoms with van der Waals surface area (Å²) in [5.41, 5.74) is 8.97. The highest BCUT2D eigenvalue weighted by molar-refractivity contribution is 7.80. The van der Waals surface area contributed by atoms with Crippen molar-refractivity contribution in [3.8, 4) is 0 Å². The van der Waals surface area contributed by atoms with Gasteiger partial charge in [-0.05, 0) is 60.0 Å². The van der Waals surface area contributed by atoms with E-state index < -0.39 is 0 Å². The highest BCUT2D eigenvalue weighted by atomic mass is 32.1. The van der Waals surface area contributed by atoms with Crippen LogP contribution in [0.2, 0.25) is 0 Å². The van der Waals surface area contributed by atoms with E-state index in [9.17, 15) is 0 Å². The number of morpholine rings is 1. The predicted molar refractivity (Wildman–Crippen MR) is 127 cm³/mol. The summed E-state index contributed by atoms with van der Waals surface area (Å²) in [6.45, 7) is 3.33. The predicted octanol–water partition coefficient (Wildman–Crippen LogP) is 4.42. The van der Waals surface area contributed by atoms with Crippen LogP contribution in [0.5, 0.6) is 0 Å². The van der Waals surface area contributed by atoms with Crippen LogP contribution in [0.4, 0.5) is 5.69 Å². The summed E-state index contributed by atoms with van der Waals surface area (Å²) in [7, 11) is 0. The van der Waals surface area contributed by atoms with E-state index >= 15 is 0 Å². The summed E-state index contributed by atoms with van der Waals surface area (Å²) in [6, 6.07) is 20.3. The fourth-order valence-electron chi connectivity index (χ4n) is 3.77. The Hall–Kier alpha value is -2.96. The van der Waals surface area contributed by atoms with Crippen molar-refractivity contribution in [3.05, 3.63) is 83.1 Å². The standard InChI is InChI=1S/C24H26N4OS/c30-24(26-22-9-5-2-6-10-22)27-25-18-21-12-11-20(17-19-7-3-1-4-8-19)23(21)28-13-15-29-16-14-28/h1-10,17-18H,11-16H2,(H2,26,27,30)/b20-17-,25-18-. The van der Waals surface area contributed by atoms with Crippen LogP contribution >= 0.6 is 12.2 Å². The van der Waals surface area contributed by atoms with Crippen LogP contribution in [0.15, 0.2) is 82.6 Å². The van der Waals surface area contributed by atoms with Crippen LogP contribution in [-0.4, -0.2) is 42.5 Å². The molecule has 1 heterocycles. The monoisotopic (exact) mass is 418 g/mol. The first-order chi connectivity index (χ1) is 14.8. The molecule has 2 aromatic rings. The molecule has 1 fully saturated rings. The molecule has 5 nitrogen and oxygen atoms in total. The Balaban J connectivity index is 1.50. The number of hydrazone groups is 1. The molecular weight excluding hydrogens is 392 g/mol. The number of ether oxygens (including phenoxy) is 1. The number of hydrogen-bond acceptors (Lipinski definition) is 4. The molecule has 2 aromatic carbocycles. The highest BCUT2D eigenvalue weighted by Crippen LogP contribution is 2.34. The average molecular weight is 419 g/mol. The highest BCUT2D eigenvalue weighted by Gasteiger charge is 2.25. The molecule has 6 heteroatoms. The van der Waals surface area contributed by atoms with Crippen LogP contribution in [-0.2, 0) is 4.74 Å². The fraction of sp³-hybridized carbons (Fsp3) is 0.250. The van der Waals surface area contributed by atoms with E-state index in [0.717, 1.165) is 44.8 Å². The second-order valence-electron chi connectivity index (χ2n) is 7.24. The van der Waals surface area contributed by atoms with E-state index in [0.29, 0.717) is 5.11 Å². The Labute approximate surface area is 183 Å². The molecular formula is C24H26N4OS. The van der Waals surface area contributed by atoms with E-state index in [4.69, 9.17) is 17.0 Å². The molecule has 1 aliphatic carbocycles. The van der Waals surface area contributed by atoms with Gasteiger partial charge in [-0.1, -0.05) is 48.5 Å². The summed E-state index contributed by atoms with van der Waals surface area (Å²) in [4.78, 5) is 2.42. The topological polar surface area (TPSA) is 48.9 Å². The maximum Gasteiger partial charge on any atom is 0.191 e. The van der Waals surface area contributed by atoms with Gasteiger partial charge in [0.25, 0.3) is 0 Å². The zero-order valence-electron chi connectivity index (χ0n) is 16.9. The van der Waals surface area contributed by atoms with E-state index in [-0.39, 0.29) is 0 Å². The maximum absolute atomic E-state index is 5.56. The van der Waals surface area contributed by atoms with Gasteiger partial charge in [0.05, 0.1) is 19.4 Å². The summed E-state index contributed by atoms with van der Waals surface area (Å²) in [5.74, 6) is 0. The number of para-hydroxylation sites is 1. The third kappa shape index (κ3) is 5.34. The van der Waals surface area contributed by atoms with Gasteiger partial charge in [-0.15, -0.1) is 0 Å². The molecule has 30 heavy (non-hydrogen) atoms. The van der Waals surface area contributed by atoms with Crippen LogP contribution < -0.4 is 10.7 Å². The lowest BCUT2D eigenvalue weighted by Gasteiger charge is -2.31. The molecule has 0 bridgehead atoms. The van der Waals surface area contributed by atoms with Gasteiger partial charge in [0.1, 0.15) is 0 Å². The van der Waals surface area contributed by atoms with Gasteiger partial charge in [0.15, 0.2) is 5.11 Å². The Bertz CT molecular complexity index is 948. The average Bonchev–Trinajstić information content (AvgIpc) is 3.18. The van der Waals surface area contributed by atoms with Crippen molar-refractivity contribution in [2.75, 3.05) is 31.6 Å². The van der Waals surface area contributed by atoms with Crippen LogP contribution in [0.1, 0.15) is 18.4 Å². The number of thiocarbonyl (C=S) groups is 1. The van der Waals surface area contributed by atoms with Gasteiger partial charge < -0.3 is 15.0 Å². The van der Waals surface area contributed by atoms with Gasteiger partial charge in [-0.3, -0.25) is 5.43 Å². The molecule has 154 valence electrons. The van der Waals surface area contributed by atoms with Gasteiger partial charge in [0, 0.05) is 24.5 Å². The van der Waals surface area contributed by atoms with Crippen LogP contribution in [0.3, 0.4) is 0 Å². The summed E-state index contributed by atoms with van der Waals surface area (Å²) in [5, 5.41) is 8.03. The molecule has 0 aromatic heterocycles. The first kappa shape index (κ1) is 20.3. The lowest BCUT2D eigenvalue weighted by atomic mass is 10.1. The Morgan fingerprint density at radius 3 is 2.40 bits per heavy atom. The van der Waals surface area contributed by atoms with Gasteiger partial charge >= 0.3 is 0 Å². The zero-order valence-corrected chi connectivity index (χ0v) is 17.7. The molecule has 0 radical (unpaired) electrons. The molecule has 0 atom stereocenters. The third-order valence-electron chi connectivity index (χ3n) is 5.16. The van der Waals surface area contributed by atoms with Crippen molar-refractivity contribution < 1.29 is 4.74 Å². The minimum absolute atomic E-state index is 0.476. The molecule has 0 unspecified atom stereocenters. The van der Waals surface area contributed by atoms with Crippen LogP contribution in [0, 0.1) is 0 Å². The van der Waals surface area contributed by atoms with E-state index in [1.807, 2.05) is 42.6 Å². The lowest BCUT2D eigenvalue weighted by molar-refractivity contribution is 0.0548. The summed E-state index contributed by atoms with van der Waals surface area (Å²) in [6.07, 6.45) is 6.18. The second kappa shape index (κ2) is 10.2. The number of nitrogens with one attached hydrogen (secondary N) is 2. The lowest BCUT2D eigenvalue weighted by Crippen LogP contribution is -2.36. The van der Waals surface area contributed by atoms with Gasteiger partial charge in [-0.2, -0.15) is 5.10 Å². The van der Waals surface area contributed by atoms with Crippen molar-refractivity contribution in [2.45, 2.75) is 12.8 Å². The Morgan fingerprint density at radius 2 is 1.67 bits per heavy atom. The number of rotatable bonds is 5. The van der Waals surface area contributed by atoms with Gasteiger partial charge in [-0.25, -0.2) is 0 Å². The van der Waals surface area contributed by atoms with Crippen molar-refractivity contribution >= 4 is 35.3 Å². The van der Waals surface area contributed by atoms with Crippen LogP contribution in [0.25, 0.3) is 6.08 Å². The number of hydrogen-bond donors (Lipinski definition) is 2. The zero-order chi connectivity index (χ0) is 20.6. The molecule has 0 saturated carbocycles. The smallest absolute Gasteiger partial charge is 0.191 e. The fourth-order valence-corrected chi connectivity index (χ4v) is 3.94. The molecule has 1 aliphatic heterocycles. The minimum atomic E-state index is 0.476. The van der Waals surface area contributed by atoms with E-state index in [2.05, 4.69) is 51.1 Å². The SMILES string of the molecule is S=C(N/N=C\C1=C(N2CCOCC2)C(=C\c2ccccc2)/CC1)Nc1ccccc1. The van der Waals surface area contributed by atoms with Gasteiger partial charge in [0.2, 0.25) is 0 Å². The van der Waals surface area contributed by atoms with Crippen molar-refractivity contribution in [3.63, 3.8) is 0 Å². The number of anilines is 1. The number of nitrogens with zero attached hydrogens (tertiary/aromatic N) is 2. The maximum atomic E-state index is 5.56. The largest absolute Gasteiger partial charge is 0.378 e. The quantitative estimate of drug-likeness (QED) is 0.428. The molecule has 0 amide bonds. The van der Waals surface area contributed by atoms with Crippen molar-refractivity contribution in [1.82, 2.24) is 10.3 Å². The Kier molecular flexibility index (Phi) is 6.90.